The zero-order chi connectivity index (χ0) is 15.1. The van der Waals surface area contributed by atoms with E-state index in [0.29, 0.717) is 25.9 Å². The van der Waals surface area contributed by atoms with Crippen molar-refractivity contribution in [2.75, 3.05) is 19.6 Å². The first kappa shape index (κ1) is 16.5. The van der Waals surface area contributed by atoms with Crippen molar-refractivity contribution in [1.82, 2.24) is 9.80 Å². The number of nitrogens with zero attached hydrogens (tertiary/aromatic N) is 2. The van der Waals surface area contributed by atoms with E-state index in [1.54, 1.807) is 4.90 Å². The number of carbonyl (C=O) groups is 3. The van der Waals surface area contributed by atoms with E-state index < -0.39 is 12.0 Å². The van der Waals surface area contributed by atoms with E-state index in [2.05, 4.69) is 0 Å². The fraction of sp³-hybridized carbons (Fsp3) is 0.786. The Morgan fingerprint density at radius 1 is 1.25 bits per heavy atom. The Hall–Kier alpha value is -1.59. The number of carboxylic acids is 1. The van der Waals surface area contributed by atoms with E-state index in [1.807, 2.05) is 13.8 Å². The predicted octanol–water partition coefficient (Wildman–Crippen LogP) is 1.10. The predicted molar refractivity (Wildman–Crippen MR) is 74.1 cm³/mol. The summed E-state index contributed by atoms with van der Waals surface area (Å²) in [5, 5.41) is 8.71. The average molecular weight is 284 g/mol. The van der Waals surface area contributed by atoms with Gasteiger partial charge in [-0.05, 0) is 26.2 Å². The van der Waals surface area contributed by atoms with Crippen LogP contribution < -0.4 is 0 Å². The van der Waals surface area contributed by atoms with Crippen LogP contribution in [0.25, 0.3) is 0 Å². The monoisotopic (exact) mass is 284 g/mol. The molecule has 1 fully saturated rings. The minimum absolute atomic E-state index is 0.0256. The van der Waals surface area contributed by atoms with E-state index in [-0.39, 0.29) is 24.8 Å². The van der Waals surface area contributed by atoms with E-state index in [1.165, 1.54) is 4.90 Å². The Morgan fingerprint density at radius 3 is 2.50 bits per heavy atom. The number of likely N-dealkylation sites (tertiary alicyclic amines) is 1. The lowest BCUT2D eigenvalue weighted by molar-refractivity contribution is -0.145. The Kier molecular flexibility index (Phi) is 6.48. The van der Waals surface area contributed by atoms with Gasteiger partial charge in [-0.2, -0.15) is 0 Å². The first-order valence-corrected chi connectivity index (χ1v) is 7.31. The lowest BCUT2D eigenvalue weighted by atomic mass is 10.1. The maximum absolute atomic E-state index is 12.4. The molecule has 0 aromatic rings. The van der Waals surface area contributed by atoms with Crippen molar-refractivity contribution in [3.8, 4) is 0 Å². The zero-order valence-corrected chi connectivity index (χ0v) is 12.3. The van der Waals surface area contributed by atoms with Crippen LogP contribution in [-0.4, -0.2) is 58.4 Å². The molecule has 0 aromatic heterocycles. The SMILES string of the molecule is CCCC(=O)N1CCCC1C(=O)N(CC)CCC(=O)O. The molecule has 0 saturated carbocycles. The maximum atomic E-state index is 12.4. The highest BCUT2D eigenvalue weighted by Crippen LogP contribution is 2.21. The molecule has 20 heavy (non-hydrogen) atoms. The molecule has 0 aromatic carbocycles. The number of carbonyl (C=O) groups excluding carboxylic acids is 2. The van der Waals surface area contributed by atoms with Gasteiger partial charge in [0, 0.05) is 26.1 Å². The van der Waals surface area contributed by atoms with Crippen LogP contribution in [0.4, 0.5) is 0 Å². The smallest absolute Gasteiger partial charge is 0.305 e. The molecule has 0 spiro atoms. The molecule has 1 N–H and O–H groups in total. The van der Waals surface area contributed by atoms with Crippen molar-refractivity contribution in [3.05, 3.63) is 0 Å². The molecule has 0 bridgehead atoms. The van der Waals surface area contributed by atoms with Crippen LogP contribution in [-0.2, 0) is 14.4 Å². The third-order valence-corrected chi connectivity index (χ3v) is 3.61. The minimum atomic E-state index is -0.915. The second kappa shape index (κ2) is 7.87. The summed E-state index contributed by atoms with van der Waals surface area (Å²) in [4.78, 5) is 38.3. The Bertz CT molecular complexity index is 370. The van der Waals surface area contributed by atoms with E-state index in [4.69, 9.17) is 5.11 Å². The first-order valence-electron chi connectivity index (χ1n) is 7.31. The summed E-state index contributed by atoms with van der Waals surface area (Å²) in [6.45, 7) is 5.07. The Morgan fingerprint density at radius 2 is 1.95 bits per heavy atom. The third-order valence-electron chi connectivity index (χ3n) is 3.61. The Balaban J connectivity index is 2.67. The molecule has 6 heteroatoms. The molecule has 1 saturated heterocycles. The molecule has 1 atom stereocenters. The maximum Gasteiger partial charge on any atom is 0.305 e. The van der Waals surface area contributed by atoms with Gasteiger partial charge in [0.05, 0.1) is 6.42 Å². The molecule has 1 unspecified atom stereocenters. The fourth-order valence-electron chi connectivity index (χ4n) is 2.54. The van der Waals surface area contributed by atoms with Crippen molar-refractivity contribution >= 4 is 17.8 Å². The molecule has 1 rings (SSSR count). The summed E-state index contributed by atoms with van der Waals surface area (Å²) in [5.41, 5.74) is 0. The van der Waals surface area contributed by atoms with E-state index >= 15 is 0 Å². The van der Waals surface area contributed by atoms with Gasteiger partial charge in [-0.25, -0.2) is 0 Å². The number of carboxylic acid groups (broad SMARTS) is 1. The van der Waals surface area contributed by atoms with Gasteiger partial charge < -0.3 is 14.9 Å². The standard InChI is InChI=1S/C14H24N2O4/c1-3-6-12(17)16-9-5-7-11(16)14(20)15(4-2)10-8-13(18)19/h11H,3-10H2,1-2H3,(H,18,19). The van der Waals surface area contributed by atoms with Crippen molar-refractivity contribution < 1.29 is 19.5 Å². The topological polar surface area (TPSA) is 77.9 Å². The van der Waals surface area contributed by atoms with Gasteiger partial charge >= 0.3 is 5.97 Å². The molecule has 1 heterocycles. The number of likely N-dealkylation sites (N-methyl/N-ethyl adjacent to an activating group) is 1. The highest BCUT2D eigenvalue weighted by atomic mass is 16.4. The van der Waals surface area contributed by atoms with Gasteiger partial charge in [0.2, 0.25) is 11.8 Å². The summed E-state index contributed by atoms with van der Waals surface area (Å²) >= 11 is 0. The average Bonchev–Trinajstić information content (AvgIpc) is 2.88. The van der Waals surface area contributed by atoms with Crippen LogP contribution in [0.5, 0.6) is 0 Å². The third kappa shape index (κ3) is 4.21. The van der Waals surface area contributed by atoms with Crippen LogP contribution in [0.3, 0.4) is 0 Å². The van der Waals surface area contributed by atoms with Gasteiger partial charge in [-0.1, -0.05) is 6.92 Å². The molecular weight excluding hydrogens is 260 g/mol. The Labute approximate surface area is 119 Å². The molecule has 6 nitrogen and oxygen atoms in total. The largest absolute Gasteiger partial charge is 0.481 e. The quantitative estimate of drug-likeness (QED) is 0.759. The van der Waals surface area contributed by atoms with E-state index in [0.717, 1.165) is 12.8 Å². The highest BCUT2D eigenvalue weighted by molar-refractivity contribution is 5.88. The number of hydrogen-bond donors (Lipinski definition) is 1. The highest BCUT2D eigenvalue weighted by Gasteiger charge is 2.35. The zero-order valence-electron chi connectivity index (χ0n) is 12.3. The number of rotatable bonds is 7. The van der Waals surface area contributed by atoms with Gasteiger partial charge in [-0.15, -0.1) is 0 Å². The normalized spacial score (nSPS) is 18.1. The van der Waals surface area contributed by atoms with Crippen LogP contribution in [0.2, 0.25) is 0 Å². The second-order valence-electron chi connectivity index (χ2n) is 5.06. The summed E-state index contributed by atoms with van der Waals surface area (Å²) in [5.74, 6) is -1.00. The second-order valence-corrected chi connectivity index (χ2v) is 5.06. The summed E-state index contributed by atoms with van der Waals surface area (Å²) in [7, 11) is 0. The van der Waals surface area contributed by atoms with Crippen molar-refractivity contribution in [2.45, 2.75) is 52.0 Å². The minimum Gasteiger partial charge on any atom is -0.481 e. The molecule has 1 aliphatic rings. The lowest BCUT2D eigenvalue weighted by Gasteiger charge is -2.29. The molecule has 2 amide bonds. The fourth-order valence-corrected chi connectivity index (χ4v) is 2.54. The van der Waals surface area contributed by atoms with Crippen molar-refractivity contribution in [2.24, 2.45) is 0 Å². The van der Waals surface area contributed by atoms with Gasteiger partial charge in [0.25, 0.3) is 0 Å². The molecular formula is C14H24N2O4. The van der Waals surface area contributed by atoms with Gasteiger partial charge in [0.15, 0.2) is 0 Å². The molecule has 0 radical (unpaired) electrons. The van der Waals surface area contributed by atoms with E-state index in [9.17, 15) is 14.4 Å². The van der Waals surface area contributed by atoms with Crippen LogP contribution >= 0.6 is 0 Å². The number of amides is 2. The van der Waals surface area contributed by atoms with Crippen LogP contribution in [0.1, 0.15) is 46.0 Å². The lowest BCUT2D eigenvalue weighted by Crippen LogP contribution is -2.48. The summed E-state index contributed by atoms with van der Waals surface area (Å²) in [6, 6.07) is -0.400. The molecule has 1 aliphatic heterocycles. The molecule has 114 valence electrons. The number of hydrogen-bond acceptors (Lipinski definition) is 3. The molecule has 0 aliphatic carbocycles. The van der Waals surface area contributed by atoms with Crippen molar-refractivity contribution in [3.63, 3.8) is 0 Å². The van der Waals surface area contributed by atoms with Crippen LogP contribution in [0.15, 0.2) is 0 Å². The summed E-state index contributed by atoms with van der Waals surface area (Å²) < 4.78 is 0. The van der Waals surface area contributed by atoms with Gasteiger partial charge in [0.1, 0.15) is 6.04 Å². The van der Waals surface area contributed by atoms with Crippen molar-refractivity contribution in [1.29, 1.82) is 0 Å². The van der Waals surface area contributed by atoms with Crippen LogP contribution in [0, 0.1) is 0 Å². The summed E-state index contributed by atoms with van der Waals surface area (Å²) in [6.07, 6.45) is 2.69. The van der Waals surface area contributed by atoms with Gasteiger partial charge in [-0.3, -0.25) is 14.4 Å². The first-order chi connectivity index (χ1) is 9.51. The number of aliphatic carboxylic acids is 1.